The zero-order valence-corrected chi connectivity index (χ0v) is 14.9. The Hall–Kier alpha value is -2.48. The minimum absolute atomic E-state index is 0.0348. The molecule has 0 fully saturated rings. The fraction of sp³-hybridized carbons (Fsp3) is 0.353. The predicted molar refractivity (Wildman–Crippen MR) is 94.0 cm³/mol. The number of aromatic nitrogens is 1. The third-order valence-electron chi connectivity index (χ3n) is 3.44. The Balaban J connectivity index is 1.79. The Morgan fingerprint density at radius 1 is 1.28 bits per heavy atom. The number of carbonyl (C=O) groups is 2. The van der Waals surface area contributed by atoms with E-state index in [1.165, 1.54) is 11.8 Å². The molecule has 0 spiro atoms. The van der Waals surface area contributed by atoms with Crippen molar-refractivity contribution in [1.82, 2.24) is 10.5 Å². The highest BCUT2D eigenvalue weighted by atomic mass is 32.2. The quantitative estimate of drug-likeness (QED) is 0.659. The lowest BCUT2D eigenvalue weighted by molar-refractivity contribution is -0.133. The summed E-state index contributed by atoms with van der Waals surface area (Å²) < 4.78 is 10.8. The van der Waals surface area contributed by atoms with Gasteiger partial charge in [-0.15, -0.1) is 11.8 Å². The van der Waals surface area contributed by atoms with Gasteiger partial charge >= 0.3 is 5.97 Å². The Morgan fingerprint density at radius 2 is 2.00 bits per heavy atom. The van der Waals surface area contributed by atoms with Crippen LogP contribution in [0.4, 0.5) is 0 Å². The molecule has 0 aliphatic carbocycles. The molecule has 1 heterocycles. The van der Waals surface area contributed by atoms with Crippen LogP contribution in [0.2, 0.25) is 0 Å². The number of aliphatic carboxylic acids is 1. The summed E-state index contributed by atoms with van der Waals surface area (Å²) in [7, 11) is 0. The first-order chi connectivity index (χ1) is 12.0. The van der Waals surface area contributed by atoms with Gasteiger partial charge in [-0.1, -0.05) is 5.16 Å². The topological polar surface area (TPSA) is 102 Å². The standard InChI is InChI=1S/C17H20N2O5S/c1-11-15(12(2)24-19-11)9-23-14-5-3-13(4-6-14)17(22)18-7-8-25-10-16(20)21/h3-6H,7-10H2,1-2H3,(H,18,22)(H,20,21). The van der Waals surface area contributed by atoms with E-state index >= 15 is 0 Å². The van der Waals surface area contributed by atoms with Gasteiger partial charge in [0.2, 0.25) is 0 Å². The lowest BCUT2D eigenvalue weighted by atomic mass is 10.2. The van der Waals surface area contributed by atoms with E-state index in [0.717, 1.165) is 17.0 Å². The van der Waals surface area contributed by atoms with E-state index in [-0.39, 0.29) is 11.7 Å². The lowest BCUT2D eigenvalue weighted by Crippen LogP contribution is -2.25. The number of rotatable bonds is 9. The smallest absolute Gasteiger partial charge is 0.313 e. The second-order valence-corrected chi connectivity index (χ2v) is 6.42. The van der Waals surface area contributed by atoms with Gasteiger partial charge in [-0.3, -0.25) is 9.59 Å². The minimum Gasteiger partial charge on any atom is -0.489 e. The highest BCUT2D eigenvalue weighted by Crippen LogP contribution is 2.18. The molecular weight excluding hydrogens is 344 g/mol. The van der Waals surface area contributed by atoms with Crippen LogP contribution in [0.5, 0.6) is 5.75 Å². The summed E-state index contributed by atoms with van der Waals surface area (Å²) in [6.07, 6.45) is 0. The molecule has 0 radical (unpaired) electrons. The molecule has 0 bridgehead atoms. The van der Waals surface area contributed by atoms with Crippen LogP contribution >= 0.6 is 11.8 Å². The molecule has 0 atom stereocenters. The average Bonchev–Trinajstić information content (AvgIpc) is 2.91. The Morgan fingerprint density at radius 3 is 2.60 bits per heavy atom. The summed E-state index contributed by atoms with van der Waals surface area (Å²) in [6, 6.07) is 6.82. The molecule has 1 aromatic carbocycles. The Labute approximate surface area is 149 Å². The minimum atomic E-state index is -0.858. The van der Waals surface area contributed by atoms with Crippen molar-refractivity contribution in [3.8, 4) is 5.75 Å². The molecule has 134 valence electrons. The fourth-order valence-corrected chi connectivity index (χ4v) is 2.63. The first-order valence-corrected chi connectivity index (χ1v) is 8.85. The molecule has 0 saturated carbocycles. The summed E-state index contributed by atoms with van der Waals surface area (Å²) in [4.78, 5) is 22.4. The fourth-order valence-electron chi connectivity index (χ4n) is 2.06. The third-order valence-corrected chi connectivity index (χ3v) is 4.38. The van der Waals surface area contributed by atoms with Crippen molar-refractivity contribution < 1.29 is 24.0 Å². The van der Waals surface area contributed by atoms with E-state index in [1.807, 2.05) is 13.8 Å². The molecule has 0 aliphatic heterocycles. The van der Waals surface area contributed by atoms with Gasteiger partial charge < -0.3 is 19.7 Å². The molecule has 2 N–H and O–H groups in total. The number of amides is 1. The van der Waals surface area contributed by atoms with Crippen LogP contribution in [-0.4, -0.2) is 40.2 Å². The van der Waals surface area contributed by atoms with Gasteiger partial charge in [0.15, 0.2) is 0 Å². The van der Waals surface area contributed by atoms with Gasteiger partial charge in [0.25, 0.3) is 5.91 Å². The maximum Gasteiger partial charge on any atom is 0.313 e. The molecule has 8 heteroatoms. The van der Waals surface area contributed by atoms with E-state index in [4.69, 9.17) is 14.4 Å². The van der Waals surface area contributed by atoms with Crippen LogP contribution < -0.4 is 10.1 Å². The van der Waals surface area contributed by atoms with Gasteiger partial charge in [-0.2, -0.15) is 0 Å². The van der Waals surface area contributed by atoms with Gasteiger partial charge in [0.1, 0.15) is 18.1 Å². The molecule has 2 rings (SSSR count). The highest BCUT2D eigenvalue weighted by Gasteiger charge is 2.10. The Bertz CT molecular complexity index is 708. The van der Waals surface area contributed by atoms with E-state index in [0.29, 0.717) is 30.2 Å². The summed E-state index contributed by atoms with van der Waals surface area (Å²) in [5, 5.41) is 15.2. The SMILES string of the molecule is Cc1noc(C)c1COc1ccc(C(=O)NCCSCC(=O)O)cc1. The monoisotopic (exact) mass is 364 g/mol. The molecule has 0 unspecified atom stereocenters. The van der Waals surface area contributed by atoms with Crippen molar-refractivity contribution in [2.24, 2.45) is 0 Å². The largest absolute Gasteiger partial charge is 0.489 e. The maximum absolute atomic E-state index is 12.0. The number of carbonyl (C=O) groups excluding carboxylic acids is 1. The second kappa shape index (κ2) is 9.12. The van der Waals surface area contributed by atoms with Crippen molar-refractivity contribution in [2.75, 3.05) is 18.1 Å². The summed E-state index contributed by atoms with van der Waals surface area (Å²) in [6.45, 7) is 4.47. The first kappa shape index (κ1) is 18.9. The number of nitrogens with one attached hydrogen (secondary N) is 1. The number of hydrogen-bond donors (Lipinski definition) is 2. The molecule has 0 aliphatic rings. The van der Waals surface area contributed by atoms with Gasteiger partial charge in [0.05, 0.1) is 17.0 Å². The number of aryl methyl sites for hydroxylation is 2. The Kier molecular flexibility index (Phi) is 6.88. The van der Waals surface area contributed by atoms with E-state index in [2.05, 4.69) is 10.5 Å². The van der Waals surface area contributed by atoms with Crippen LogP contribution in [-0.2, 0) is 11.4 Å². The molecule has 1 amide bonds. The molecule has 25 heavy (non-hydrogen) atoms. The number of nitrogens with zero attached hydrogens (tertiary/aromatic N) is 1. The highest BCUT2D eigenvalue weighted by molar-refractivity contribution is 7.99. The van der Waals surface area contributed by atoms with Crippen LogP contribution in [0.15, 0.2) is 28.8 Å². The second-order valence-electron chi connectivity index (χ2n) is 5.32. The summed E-state index contributed by atoms with van der Waals surface area (Å²) in [5.74, 6) is 0.906. The van der Waals surface area contributed by atoms with Crippen LogP contribution in [0.25, 0.3) is 0 Å². The molecular formula is C17H20N2O5S. The van der Waals surface area contributed by atoms with Crippen LogP contribution in [0.3, 0.4) is 0 Å². The first-order valence-electron chi connectivity index (χ1n) is 7.69. The van der Waals surface area contributed by atoms with Crippen LogP contribution in [0, 0.1) is 13.8 Å². The van der Waals surface area contributed by atoms with Gasteiger partial charge in [-0.05, 0) is 38.1 Å². The summed E-state index contributed by atoms with van der Waals surface area (Å²) in [5.41, 5.74) is 2.24. The number of ether oxygens (including phenoxy) is 1. The maximum atomic E-state index is 12.0. The van der Waals surface area contributed by atoms with Crippen molar-refractivity contribution in [3.63, 3.8) is 0 Å². The van der Waals surface area contributed by atoms with Crippen molar-refractivity contribution in [3.05, 3.63) is 46.8 Å². The van der Waals surface area contributed by atoms with Crippen molar-refractivity contribution >= 4 is 23.6 Å². The van der Waals surface area contributed by atoms with Crippen molar-refractivity contribution in [2.45, 2.75) is 20.5 Å². The normalized spacial score (nSPS) is 10.5. The lowest BCUT2D eigenvalue weighted by Gasteiger charge is -2.08. The van der Waals surface area contributed by atoms with Crippen molar-refractivity contribution in [1.29, 1.82) is 0 Å². The van der Waals surface area contributed by atoms with E-state index in [1.54, 1.807) is 24.3 Å². The van der Waals surface area contributed by atoms with E-state index < -0.39 is 5.97 Å². The number of benzene rings is 1. The number of hydrogen-bond acceptors (Lipinski definition) is 6. The molecule has 7 nitrogen and oxygen atoms in total. The third kappa shape index (κ3) is 5.82. The summed E-state index contributed by atoms with van der Waals surface area (Å²) >= 11 is 1.26. The average molecular weight is 364 g/mol. The van der Waals surface area contributed by atoms with Gasteiger partial charge in [0, 0.05) is 17.9 Å². The predicted octanol–water partition coefficient (Wildman–Crippen LogP) is 2.42. The number of carboxylic acids is 1. The van der Waals surface area contributed by atoms with Gasteiger partial charge in [-0.25, -0.2) is 0 Å². The molecule has 0 saturated heterocycles. The number of carboxylic acid groups (broad SMARTS) is 1. The zero-order valence-electron chi connectivity index (χ0n) is 14.1. The molecule has 2 aromatic rings. The molecule has 1 aromatic heterocycles. The zero-order chi connectivity index (χ0) is 18.2. The van der Waals surface area contributed by atoms with Crippen LogP contribution in [0.1, 0.15) is 27.4 Å². The number of thioether (sulfide) groups is 1. The van der Waals surface area contributed by atoms with E-state index in [9.17, 15) is 9.59 Å².